The number of ketones is 1. The van der Waals surface area contributed by atoms with Crippen LogP contribution in [0.25, 0.3) is 0 Å². The normalized spacial score (nSPS) is 24.5. The maximum atomic E-state index is 14.1. The quantitative estimate of drug-likeness (QED) is 0.422. The van der Waals surface area contributed by atoms with E-state index < -0.39 is 0 Å². The minimum atomic E-state index is -0.212. The lowest BCUT2D eigenvalue weighted by atomic mass is 9.72. The molecule has 4 heteroatoms. The molecule has 2 aromatic carbocycles. The average molecular weight is 416 g/mol. The van der Waals surface area contributed by atoms with Crippen molar-refractivity contribution >= 4 is 28.5 Å². The van der Waals surface area contributed by atoms with E-state index in [1.165, 1.54) is 9.75 Å². The fourth-order valence-corrected chi connectivity index (χ4v) is 6.02. The third-order valence-electron chi connectivity index (χ3n) is 5.66. The van der Waals surface area contributed by atoms with Gasteiger partial charge in [0.15, 0.2) is 5.78 Å². The maximum Gasteiger partial charge on any atom is 0.151 e. The second-order valence-electron chi connectivity index (χ2n) is 7.33. The summed E-state index contributed by atoms with van der Waals surface area (Å²) in [6, 6.07) is 28.8. The van der Waals surface area contributed by atoms with Crippen molar-refractivity contribution in [3.63, 3.8) is 0 Å². The highest BCUT2D eigenvalue weighted by Crippen LogP contribution is 2.48. The number of carbonyl (C=O) groups is 1. The number of hydrogen-bond donors (Lipinski definition) is 1. The van der Waals surface area contributed by atoms with E-state index in [9.17, 15) is 4.79 Å². The third kappa shape index (κ3) is 3.48. The van der Waals surface area contributed by atoms with Crippen molar-refractivity contribution < 1.29 is 4.79 Å². The van der Waals surface area contributed by atoms with E-state index in [0.717, 1.165) is 11.1 Å². The Morgan fingerprint density at radius 3 is 1.41 bits per heavy atom. The van der Waals surface area contributed by atoms with Gasteiger partial charge in [-0.15, -0.1) is 22.7 Å². The summed E-state index contributed by atoms with van der Waals surface area (Å²) in [5, 5.41) is 8.07. The molecule has 2 aromatic heterocycles. The van der Waals surface area contributed by atoms with Gasteiger partial charge in [-0.1, -0.05) is 72.8 Å². The highest BCUT2D eigenvalue weighted by atomic mass is 32.1. The van der Waals surface area contributed by atoms with E-state index in [1.54, 1.807) is 22.7 Å². The molecule has 144 valence electrons. The Hall–Kier alpha value is -2.53. The zero-order valence-electron chi connectivity index (χ0n) is 15.8. The van der Waals surface area contributed by atoms with Crippen molar-refractivity contribution in [1.29, 1.82) is 0 Å². The van der Waals surface area contributed by atoms with Gasteiger partial charge >= 0.3 is 0 Å². The van der Waals surface area contributed by atoms with Gasteiger partial charge in [0, 0.05) is 9.75 Å². The Kier molecular flexibility index (Phi) is 5.15. The van der Waals surface area contributed by atoms with Gasteiger partial charge in [0.25, 0.3) is 0 Å². The highest BCUT2D eigenvalue weighted by Gasteiger charge is 2.46. The maximum absolute atomic E-state index is 14.1. The SMILES string of the molecule is O=C1C(c2ccccc2)C(c2cccs2)NC(c2cccs2)C1c1ccccc1. The summed E-state index contributed by atoms with van der Waals surface area (Å²) in [6.07, 6.45) is 0. The van der Waals surface area contributed by atoms with Crippen LogP contribution < -0.4 is 5.32 Å². The van der Waals surface area contributed by atoms with Gasteiger partial charge in [-0.05, 0) is 34.0 Å². The molecule has 0 amide bonds. The molecule has 1 aliphatic heterocycles. The zero-order chi connectivity index (χ0) is 19.6. The molecule has 29 heavy (non-hydrogen) atoms. The molecule has 1 fully saturated rings. The predicted molar refractivity (Wildman–Crippen MR) is 121 cm³/mol. The summed E-state index contributed by atoms with van der Waals surface area (Å²) in [4.78, 5) is 16.5. The van der Waals surface area contributed by atoms with Gasteiger partial charge in [-0.25, -0.2) is 0 Å². The largest absolute Gasteiger partial charge is 0.300 e. The van der Waals surface area contributed by atoms with Crippen LogP contribution in [0.4, 0.5) is 0 Å². The monoisotopic (exact) mass is 415 g/mol. The van der Waals surface area contributed by atoms with Crippen LogP contribution in [0.3, 0.4) is 0 Å². The lowest BCUT2D eigenvalue weighted by Gasteiger charge is -2.41. The Labute approximate surface area is 178 Å². The first kappa shape index (κ1) is 18.5. The van der Waals surface area contributed by atoms with Gasteiger partial charge in [-0.3, -0.25) is 10.1 Å². The second-order valence-corrected chi connectivity index (χ2v) is 9.29. The molecule has 1 aliphatic rings. The van der Waals surface area contributed by atoms with E-state index in [0.29, 0.717) is 0 Å². The topological polar surface area (TPSA) is 29.1 Å². The van der Waals surface area contributed by atoms with E-state index >= 15 is 0 Å². The van der Waals surface area contributed by atoms with Crippen molar-refractivity contribution in [2.75, 3.05) is 0 Å². The number of carbonyl (C=O) groups excluding carboxylic acids is 1. The average Bonchev–Trinajstić information content (AvgIpc) is 3.49. The molecule has 2 nitrogen and oxygen atoms in total. The van der Waals surface area contributed by atoms with Crippen LogP contribution in [-0.4, -0.2) is 5.78 Å². The van der Waals surface area contributed by atoms with Gasteiger partial charge in [0.1, 0.15) is 0 Å². The first-order chi connectivity index (χ1) is 14.3. The van der Waals surface area contributed by atoms with Gasteiger partial charge in [0.05, 0.1) is 23.9 Å². The van der Waals surface area contributed by atoms with E-state index in [1.807, 2.05) is 36.4 Å². The Balaban J connectivity index is 1.66. The lowest BCUT2D eigenvalue weighted by molar-refractivity contribution is -0.125. The van der Waals surface area contributed by atoms with Gasteiger partial charge in [-0.2, -0.15) is 0 Å². The number of hydrogen-bond acceptors (Lipinski definition) is 4. The zero-order valence-corrected chi connectivity index (χ0v) is 17.4. The van der Waals surface area contributed by atoms with Crippen LogP contribution in [0.15, 0.2) is 95.7 Å². The molecule has 0 radical (unpaired) electrons. The minimum Gasteiger partial charge on any atom is -0.300 e. The second kappa shape index (κ2) is 8.07. The fourth-order valence-electron chi connectivity index (χ4n) is 4.37. The van der Waals surface area contributed by atoms with E-state index in [4.69, 9.17) is 0 Å². The molecule has 4 unspecified atom stereocenters. The summed E-state index contributed by atoms with van der Waals surface area (Å²) < 4.78 is 0. The molecule has 0 saturated carbocycles. The van der Waals surface area contributed by atoms with E-state index in [-0.39, 0.29) is 29.7 Å². The predicted octanol–water partition coefficient (Wildman–Crippen LogP) is 6.33. The molecule has 3 heterocycles. The summed E-state index contributed by atoms with van der Waals surface area (Å²) in [5.74, 6) is -0.134. The molecular formula is C25H21NOS2. The van der Waals surface area contributed by atoms with Crippen LogP contribution in [0.2, 0.25) is 0 Å². The molecule has 0 aliphatic carbocycles. The third-order valence-corrected chi connectivity index (χ3v) is 7.57. The Morgan fingerprint density at radius 1 is 0.586 bits per heavy atom. The number of Topliss-reactive ketones (excluding diaryl/α,β-unsaturated/α-hetero) is 1. The van der Waals surface area contributed by atoms with Crippen molar-refractivity contribution in [2.24, 2.45) is 0 Å². The molecular weight excluding hydrogens is 394 g/mol. The van der Waals surface area contributed by atoms with Crippen molar-refractivity contribution in [2.45, 2.75) is 23.9 Å². The summed E-state index contributed by atoms with van der Waals surface area (Å²) in [5.41, 5.74) is 2.16. The van der Waals surface area contributed by atoms with Crippen LogP contribution in [-0.2, 0) is 4.79 Å². The van der Waals surface area contributed by atoms with Crippen LogP contribution in [0, 0.1) is 0 Å². The number of benzene rings is 2. The molecule has 5 rings (SSSR count). The number of thiophene rings is 2. The molecule has 0 bridgehead atoms. The summed E-state index contributed by atoms with van der Waals surface area (Å²) in [6.45, 7) is 0. The summed E-state index contributed by atoms with van der Waals surface area (Å²) in [7, 11) is 0. The van der Waals surface area contributed by atoms with Crippen LogP contribution in [0.5, 0.6) is 0 Å². The molecule has 0 spiro atoms. The minimum absolute atomic E-state index is 0.0306. The van der Waals surface area contributed by atoms with Crippen molar-refractivity contribution in [3.05, 3.63) is 117 Å². The highest BCUT2D eigenvalue weighted by molar-refractivity contribution is 7.10. The number of rotatable bonds is 4. The first-order valence-corrected chi connectivity index (χ1v) is 11.6. The first-order valence-electron chi connectivity index (χ1n) is 9.79. The summed E-state index contributed by atoms with van der Waals surface area (Å²) >= 11 is 3.43. The van der Waals surface area contributed by atoms with Crippen molar-refractivity contribution in [3.8, 4) is 0 Å². The molecule has 1 saturated heterocycles. The molecule has 1 N–H and O–H groups in total. The fraction of sp³-hybridized carbons (Fsp3) is 0.160. The van der Waals surface area contributed by atoms with Crippen LogP contribution in [0.1, 0.15) is 44.8 Å². The van der Waals surface area contributed by atoms with Crippen molar-refractivity contribution in [1.82, 2.24) is 5.32 Å². The van der Waals surface area contributed by atoms with E-state index in [2.05, 4.69) is 64.6 Å². The Bertz CT molecular complexity index is 973. The van der Waals surface area contributed by atoms with Gasteiger partial charge < -0.3 is 0 Å². The number of piperidine rings is 1. The van der Waals surface area contributed by atoms with Crippen LogP contribution >= 0.6 is 22.7 Å². The molecule has 4 aromatic rings. The van der Waals surface area contributed by atoms with Gasteiger partial charge in [0.2, 0.25) is 0 Å². The smallest absolute Gasteiger partial charge is 0.151 e. The number of nitrogens with one attached hydrogen (secondary N) is 1. The standard InChI is InChI=1S/C25H21NOS2/c27-25-21(17-9-3-1-4-10-17)23(19-13-7-15-28-19)26-24(20-14-8-16-29-20)22(25)18-11-5-2-6-12-18/h1-16,21-24,26H. The lowest BCUT2D eigenvalue weighted by Crippen LogP contribution is -2.45. The molecule has 4 atom stereocenters. The Morgan fingerprint density at radius 2 is 1.03 bits per heavy atom.